The summed E-state index contributed by atoms with van der Waals surface area (Å²) in [5, 5.41) is 14.8. The molecule has 1 aromatic carbocycles. The van der Waals surface area contributed by atoms with Gasteiger partial charge < -0.3 is 5.11 Å². The minimum Gasteiger partial charge on any atom is -0.478 e. The number of benzene rings is 1. The second-order valence-electron chi connectivity index (χ2n) is 2.95. The third-order valence-corrected chi connectivity index (χ3v) is 1.98. The molecule has 0 radical (unpaired) electrons. The topological polar surface area (TPSA) is 99.4 Å². The molecule has 1 aliphatic rings. The van der Waals surface area contributed by atoms with Gasteiger partial charge in [0, 0.05) is 0 Å². The lowest BCUT2D eigenvalue weighted by molar-refractivity contribution is 0.0697. The molecule has 4 amide bonds. The van der Waals surface area contributed by atoms with Crippen LogP contribution in [0, 0.1) is 0 Å². The van der Waals surface area contributed by atoms with Gasteiger partial charge in [0.05, 0.1) is 11.3 Å². The van der Waals surface area contributed by atoms with E-state index in [0.29, 0.717) is 0 Å². The van der Waals surface area contributed by atoms with Crippen LogP contribution in [0.5, 0.6) is 0 Å². The van der Waals surface area contributed by atoms with Crippen molar-refractivity contribution in [3.63, 3.8) is 0 Å². The second kappa shape index (κ2) is 3.54. The summed E-state index contributed by atoms with van der Waals surface area (Å²) in [4.78, 5) is 33.6. The second-order valence-corrected chi connectivity index (χ2v) is 2.95. The zero-order valence-electron chi connectivity index (χ0n) is 7.82. The van der Waals surface area contributed by atoms with Crippen molar-refractivity contribution in [2.45, 2.75) is 0 Å². The standard InChI is InChI=1S/C9H5N3O4/c13-7(14)5-1-3-6(4-2-5)12-8(15)10-11-9(12)16/h1-4H,(H,13,14). The zero-order chi connectivity index (χ0) is 11.7. The molecule has 7 heteroatoms. The number of azo groups is 1. The Morgan fingerprint density at radius 1 is 1.06 bits per heavy atom. The number of anilines is 1. The Kier molecular flexibility index (Phi) is 2.20. The summed E-state index contributed by atoms with van der Waals surface area (Å²) in [7, 11) is 0. The third-order valence-electron chi connectivity index (χ3n) is 1.98. The molecule has 0 saturated carbocycles. The average Bonchev–Trinajstić information content (AvgIpc) is 2.59. The number of carboxylic acids is 1. The maximum absolute atomic E-state index is 11.1. The van der Waals surface area contributed by atoms with Crippen molar-refractivity contribution in [3.05, 3.63) is 29.8 Å². The number of urea groups is 2. The fourth-order valence-corrected chi connectivity index (χ4v) is 1.23. The van der Waals surface area contributed by atoms with Crippen molar-refractivity contribution in [2.24, 2.45) is 10.2 Å². The molecule has 0 unspecified atom stereocenters. The first-order valence-electron chi connectivity index (χ1n) is 4.23. The SMILES string of the molecule is O=C(O)c1ccc(N2C(=O)N=NC2=O)cc1. The Hall–Kier alpha value is -2.57. The predicted octanol–water partition coefficient (Wildman–Crippen LogP) is 1.90. The summed E-state index contributed by atoms with van der Waals surface area (Å²) in [5.41, 5.74) is 0.307. The van der Waals surface area contributed by atoms with Crippen molar-refractivity contribution in [1.29, 1.82) is 0 Å². The van der Waals surface area contributed by atoms with Gasteiger partial charge in [-0.3, -0.25) is 0 Å². The number of nitrogens with zero attached hydrogens (tertiary/aromatic N) is 3. The van der Waals surface area contributed by atoms with Crippen LogP contribution in [0.4, 0.5) is 15.3 Å². The number of carboxylic acid groups (broad SMARTS) is 1. The molecule has 16 heavy (non-hydrogen) atoms. The normalized spacial score (nSPS) is 14.6. The number of carbonyl (C=O) groups is 3. The van der Waals surface area contributed by atoms with E-state index in [9.17, 15) is 14.4 Å². The Bertz CT molecular complexity index is 488. The van der Waals surface area contributed by atoms with E-state index < -0.39 is 18.0 Å². The van der Waals surface area contributed by atoms with Gasteiger partial charge in [-0.05, 0) is 24.3 Å². The van der Waals surface area contributed by atoms with Gasteiger partial charge in [-0.25, -0.2) is 19.3 Å². The molecule has 1 heterocycles. The lowest BCUT2D eigenvalue weighted by atomic mass is 10.2. The third kappa shape index (κ3) is 1.54. The largest absolute Gasteiger partial charge is 0.478 e. The first-order chi connectivity index (χ1) is 7.59. The summed E-state index contributed by atoms with van der Waals surface area (Å²) in [6.07, 6.45) is 0. The van der Waals surface area contributed by atoms with Crippen molar-refractivity contribution < 1.29 is 19.5 Å². The smallest absolute Gasteiger partial charge is 0.375 e. The molecule has 0 saturated heterocycles. The van der Waals surface area contributed by atoms with E-state index >= 15 is 0 Å². The number of aromatic carboxylic acids is 1. The molecule has 1 N–H and O–H groups in total. The van der Waals surface area contributed by atoms with Gasteiger partial charge in [0.15, 0.2) is 0 Å². The average molecular weight is 219 g/mol. The molecule has 0 spiro atoms. The molecule has 1 aromatic rings. The highest BCUT2D eigenvalue weighted by Crippen LogP contribution is 2.20. The number of rotatable bonds is 2. The lowest BCUT2D eigenvalue weighted by Gasteiger charge is -2.09. The van der Waals surface area contributed by atoms with Gasteiger partial charge in [-0.15, -0.1) is 0 Å². The van der Waals surface area contributed by atoms with Crippen LogP contribution in [0.15, 0.2) is 34.5 Å². The number of hydrogen-bond acceptors (Lipinski definition) is 3. The maximum Gasteiger partial charge on any atom is 0.375 e. The van der Waals surface area contributed by atoms with Crippen LogP contribution in [0.2, 0.25) is 0 Å². The monoisotopic (exact) mass is 219 g/mol. The van der Waals surface area contributed by atoms with Crippen LogP contribution >= 0.6 is 0 Å². The molecule has 0 bridgehead atoms. The molecule has 0 fully saturated rings. The van der Waals surface area contributed by atoms with Crippen molar-refractivity contribution >= 4 is 23.7 Å². The van der Waals surface area contributed by atoms with Crippen LogP contribution in [-0.2, 0) is 0 Å². The first kappa shape index (κ1) is 9.97. The summed E-state index contributed by atoms with van der Waals surface area (Å²) in [6, 6.07) is 3.69. The Morgan fingerprint density at radius 3 is 2.00 bits per heavy atom. The molecular formula is C9H5N3O4. The predicted molar refractivity (Wildman–Crippen MR) is 51.5 cm³/mol. The van der Waals surface area contributed by atoms with Crippen LogP contribution in [0.25, 0.3) is 0 Å². The van der Waals surface area contributed by atoms with E-state index in [1.807, 2.05) is 0 Å². The van der Waals surface area contributed by atoms with Crippen molar-refractivity contribution in [3.8, 4) is 0 Å². The van der Waals surface area contributed by atoms with E-state index in [0.717, 1.165) is 4.90 Å². The van der Waals surface area contributed by atoms with Crippen LogP contribution in [0.1, 0.15) is 10.4 Å². The van der Waals surface area contributed by atoms with Gasteiger partial charge in [0.1, 0.15) is 0 Å². The fraction of sp³-hybridized carbons (Fsp3) is 0. The van der Waals surface area contributed by atoms with E-state index in [1.165, 1.54) is 24.3 Å². The summed E-state index contributed by atoms with van der Waals surface area (Å²) in [6.45, 7) is 0. The van der Waals surface area contributed by atoms with Crippen molar-refractivity contribution in [2.75, 3.05) is 4.90 Å². The molecule has 1 aliphatic heterocycles. The van der Waals surface area contributed by atoms with Gasteiger partial charge in [-0.2, -0.15) is 0 Å². The molecule has 0 aromatic heterocycles. The van der Waals surface area contributed by atoms with E-state index in [4.69, 9.17) is 5.11 Å². The van der Waals surface area contributed by atoms with Gasteiger partial charge in [0.2, 0.25) is 0 Å². The van der Waals surface area contributed by atoms with Crippen LogP contribution in [0.3, 0.4) is 0 Å². The molecule has 0 atom stereocenters. The highest BCUT2D eigenvalue weighted by Gasteiger charge is 2.28. The molecule has 2 rings (SSSR count). The number of carbonyl (C=O) groups excluding carboxylic acids is 2. The lowest BCUT2D eigenvalue weighted by Crippen LogP contribution is -2.27. The van der Waals surface area contributed by atoms with Gasteiger partial charge in [0.25, 0.3) is 0 Å². The fourth-order valence-electron chi connectivity index (χ4n) is 1.23. The Labute approximate surface area is 89.0 Å². The summed E-state index contributed by atoms with van der Waals surface area (Å²) < 4.78 is 0. The van der Waals surface area contributed by atoms with Gasteiger partial charge in [-0.1, -0.05) is 10.2 Å². The van der Waals surface area contributed by atoms with E-state index in [1.54, 1.807) is 0 Å². The number of hydrogen-bond donors (Lipinski definition) is 1. The maximum atomic E-state index is 11.1. The highest BCUT2D eigenvalue weighted by atomic mass is 16.4. The van der Waals surface area contributed by atoms with Crippen LogP contribution in [-0.4, -0.2) is 23.1 Å². The number of imide groups is 1. The molecule has 7 nitrogen and oxygen atoms in total. The summed E-state index contributed by atoms with van der Waals surface area (Å²) in [5.74, 6) is -1.08. The highest BCUT2D eigenvalue weighted by molar-refractivity contribution is 6.17. The zero-order valence-corrected chi connectivity index (χ0v) is 7.82. The minimum absolute atomic E-state index is 0.0664. The van der Waals surface area contributed by atoms with Crippen LogP contribution < -0.4 is 4.90 Å². The Morgan fingerprint density at radius 2 is 1.56 bits per heavy atom. The van der Waals surface area contributed by atoms with E-state index in [2.05, 4.69) is 10.2 Å². The van der Waals surface area contributed by atoms with E-state index in [-0.39, 0.29) is 11.3 Å². The molecule has 80 valence electrons. The first-order valence-corrected chi connectivity index (χ1v) is 4.23. The minimum atomic E-state index is -1.08. The van der Waals surface area contributed by atoms with Gasteiger partial charge >= 0.3 is 18.0 Å². The number of amides is 4. The summed E-state index contributed by atoms with van der Waals surface area (Å²) >= 11 is 0. The Balaban J connectivity index is 2.32. The molecule has 0 aliphatic carbocycles. The molecular weight excluding hydrogens is 214 g/mol. The van der Waals surface area contributed by atoms with Crippen molar-refractivity contribution in [1.82, 2.24) is 0 Å². The quantitative estimate of drug-likeness (QED) is 0.820.